The van der Waals surface area contributed by atoms with E-state index in [-0.39, 0.29) is 17.6 Å². The van der Waals surface area contributed by atoms with Crippen molar-refractivity contribution in [1.29, 1.82) is 0 Å². The third kappa shape index (κ3) is 4.11. The Hall–Kier alpha value is -3.27. The first kappa shape index (κ1) is 18.5. The summed E-state index contributed by atoms with van der Waals surface area (Å²) in [6, 6.07) is 6.26. The van der Waals surface area contributed by atoms with Crippen LogP contribution in [0.2, 0.25) is 0 Å². The maximum absolute atomic E-state index is 12.3. The highest BCUT2D eigenvalue weighted by atomic mass is 32.1. The normalized spacial score (nSPS) is 10.6. The highest BCUT2D eigenvalue weighted by molar-refractivity contribution is 7.17. The van der Waals surface area contributed by atoms with E-state index in [1.807, 2.05) is 0 Å². The average Bonchev–Trinajstić information content (AvgIpc) is 3.26. The van der Waals surface area contributed by atoms with Crippen LogP contribution in [0.15, 0.2) is 39.7 Å². The van der Waals surface area contributed by atoms with Crippen LogP contribution in [0.25, 0.3) is 11.5 Å². The van der Waals surface area contributed by atoms with Crippen LogP contribution in [0.3, 0.4) is 0 Å². The molecule has 1 N–H and O–H groups in total. The predicted octanol–water partition coefficient (Wildman–Crippen LogP) is 1.61. The molecule has 0 aliphatic carbocycles. The van der Waals surface area contributed by atoms with E-state index in [4.69, 9.17) is 4.42 Å². The van der Waals surface area contributed by atoms with E-state index in [0.29, 0.717) is 22.0 Å². The third-order valence-electron chi connectivity index (χ3n) is 3.58. The number of hydrogen-bond acceptors (Lipinski definition) is 7. The fraction of sp³-hybridized carbons (Fsp3) is 0.235. The van der Waals surface area contributed by atoms with Crippen molar-refractivity contribution in [3.8, 4) is 11.5 Å². The highest BCUT2D eigenvalue weighted by Gasteiger charge is 2.18. The first-order valence-electron chi connectivity index (χ1n) is 7.96. The number of aryl methyl sites for hydroxylation is 1. The molecule has 3 rings (SSSR count). The van der Waals surface area contributed by atoms with Crippen LogP contribution in [-0.4, -0.2) is 45.6 Å². The molecule has 27 heavy (non-hydrogen) atoms. The molecule has 10 heteroatoms. The standard InChI is InChI=1S/C17H17N5O4S/c1-10-15(16(25)21(2)3)27-17(18-10)19-13(23)9-22-14(24)7-6-11(20-22)12-5-4-8-26-12/h4-8H,9H2,1-3H3,(H,18,19,23). The Morgan fingerprint density at radius 2 is 2.07 bits per heavy atom. The number of furan rings is 1. The number of amides is 2. The van der Waals surface area contributed by atoms with Crippen molar-refractivity contribution in [2.24, 2.45) is 0 Å². The van der Waals surface area contributed by atoms with Gasteiger partial charge < -0.3 is 14.6 Å². The molecule has 0 spiro atoms. The summed E-state index contributed by atoms with van der Waals surface area (Å²) in [5, 5.41) is 7.03. The van der Waals surface area contributed by atoms with E-state index in [0.717, 1.165) is 16.0 Å². The Morgan fingerprint density at radius 1 is 1.30 bits per heavy atom. The molecule has 3 heterocycles. The summed E-state index contributed by atoms with van der Waals surface area (Å²) in [6.45, 7) is 1.41. The van der Waals surface area contributed by atoms with Crippen LogP contribution in [0, 0.1) is 6.92 Å². The number of anilines is 1. The predicted molar refractivity (Wildman–Crippen MR) is 99.7 cm³/mol. The summed E-state index contributed by atoms with van der Waals surface area (Å²) < 4.78 is 6.29. The van der Waals surface area contributed by atoms with E-state index in [1.165, 1.54) is 23.3 Å². The van der Waals surface area contributed by atoms with Crippen molar-refractivity contribution in [1.82, 2.24) is 19.7 Å². The molecule has 0 aliphatic rings. The van der Waals surface area contributed by atoms with Crippen LogP contribution in [0.1, 0.15) is 15.4 Å². The van der Waals surface area contributed by atoms with Gasteiger partial charge in [-0.05, 0) is 25.1 Å². The summed E-state index contributed by atoms with van der Waals surface area (Å²) >= 11 is 1.08. The topological polar surface area (TPSA) is 110 Å². The smallest absolute Gasteiger partial charge is 0.267 e. The summed E-state index contributed by atoms with van der Waals surface area (Å²) in [6.07, 6.45) is 1.50. The number of hydrogen-bond donors (Lipinski definition) is 1. The first-order valence-corrected chi connectivity index (χ1v) is 8.78. The SMILES string of the molecule is Cc1nc(NC(=O)Cn2nc(-c3ccco3)ccc2=O)sc1C(=O)N(C)C. The van der Waals surface area contributed by atoms with Gasteiger partial charge in [-0.25, -0.2) is 9.67 Å². The lowest BCUT2D eigenvalue weighted by Crippen LogP contribution is -2.29. The first-order chi connectivity index (χ1) is 12.8. The quantitative estimate of drug-likeness (QED) is 0.712. The fourth-order valence-corrected chi connectivity index (χ4v) is 3.27. The van der Waals surface area contributed by atoms with Gasteiger partial charge in [0.1, 0.15) is 17.1 Å². The molecule has 140 valence electrons. The summed E-state index contributed by atoms with van der Waals surface area (Å²) in [7, 11) is 3.29. The van der Waals surface area contributed by atoms with Gasteiger partial charge in [-0.15, -0.1) is 0 Å². The molecule has 0 aliphatic heterocycles. The molecule has 0 aromatic carbocycles. The minimum atomic E-state index is -0.473. The minimum Gasteiger partial charge on any atom is -0.463 e. The van der Waals surface area contributed by atoms with Gasteiger partial charge in [0.25, 0.3) is 11.5 Å². The molecule has 3 aromatic rings. The molecule has 9 nitrogen and oxygen atoms in total. The lowest BCUT2D eigenvalue weighted by Gasteiger charge is -2.07. The number of thiazole rings is 1. The van der Waals surface area contributed by atoms with Crippen LogP contribution in [0.5, 0.6) is 0 Å². The number of rotatable bonds is 5. The maximum atomic E-state index is 12.3. The fourth-order valence-electron chi connectivity index (χ4n) is 2.26. The average molecular weight is 387 g/mol. The molecular weight excluding hydrogens is 370 g/mol. The number of carbonyl (C=O) groups excluding carboxylic acids is 2. The zero-order chi connectivity index (χ0) is 19.6. The minimum absolute atomic E-state index is 0.186. The molecule has 0 unspecified atom stereocenters. The molecule has 0 bridgehead atoms. The van der Waals surface area contributed by atoms with Crippen LogP contribution in [-0.2, 0) is 11.3 Å². The molecule has 0 atom stereocenters. The van der Waals surface area contributed by atoms with Gasteiger partial charge >= 0.3 is 0 Å². The second-order valence-electron chi connectivity index (χ2n) is 5.87. The Bertz CT molecular complexity index is 1040. The molecule has 3 aromatic heterocycles. The molecule has 2 amide bonds. The van der Waals surface area contributed by atoms with Crippen molar-refractivity contribution in [3.63, 3.8) is 0 Å². The van der Waals surface area contributed by atoms with Crippen LogP contribution in [0.4, 0.5) is 5.13 Å². The van der Waals surface area contributed by atoms with Gasteiger partial charge in [0.2, 0.25) is 5.91 Å². The largest absolute Gasteiger partial charge is 0.463 e. The van der Waals surface area contributed by atoms with Gasteiger partial charge in [0.15, 0.2) is 10.9 Å². The lowest BCUT2D eigenvalue weighted by molar-refractivity contribution is -0.117. The van der Waals surface area contributed by atoms with Crippen molar-refractivity contribution < 1.29 is 14.0 Å². The molecule has 0 saturated carbocycles. The second kappa shape index (κ2) is 7.54. The monoisotopic (exact) mass is 387 g/mol. The Labute approximate surface area is 158 Å². The van der Waals surface area contributed by atoms with Gasteiger partial charge in [-0.1, -0.05) is 11.3 Å². The van der Waals surface area contributed by atoms with Crippen molar-refractivity contribution in [2.75, 3.05) is 19.4 Å². The number of carbonyl (C=O) groups is 2. The lowest BCUT2D eigenvalue weighted by atomic mass is 10.3. The molecular formula is C17H17N5O4S. The summed E-state index contributed by atoms with van der Waals surface area (Å²) in [5.41, 5.74) is 0.555. The van der Waals surface area contributed by atoms with Crippen molar-refractivity contribution >= 4 is 28.3 Å². The molecule has 0 fully saturated rings. The Balaban J connectivity index is 1.75. The molecule has 0 saturated heterocycles. The summed E-state index contributed by atoms with van der Waals surface area (Å²) in [5.74, 6) is -0.167. The van der Waals surface area contributed by atoms with E-state index in [2.05, 4.69) is 15.4 Å². The molecule has 0 radical (unpaired) electrons. The Morgan fingerprint density at radius 3 is 2.74 bits per heavy atom. The van der Waals surface area contributed by atoms with E-state index in [9.17, 15) is 14.4 Å². The van der Waals surface area contributed by atoms with E-state index < -0.39 is 11.5 Å². The van der Waals surface area contributed by atoms with Gasteiger partial charge in [-0.3, -0.25) is 14.4 Å². The highest BCUT2D eigenvalue weighted by Crippen LogP contribution is 2.23. The Kier molecular flexibility index (Phi) is 5.17. The summed E-state index contributed by atoms with van der Waals surface area (Å²) in [4.78, 5) is 42.4. The maximum Gasteiger partial charge on any atom is 0.267 e. The van der Waals surface area contributed by atoms with Crippen LogP contribution < -0.4 is 10.9 Å². The van der Waals surface area contributed by atoms with E-state index >= 15 is 0 Å². The van der Waals surface area contributed by atoms with Crippen molar-refractivity contribution in [2.45, 2.75) is 13.5 Å². The van der Waals surface area contributed by atoms with Crippen LogP contribution >= 0.6 is 11.3 Å². The number of aromatic nitrogens is 3. The van der Waals surface area contributed by atoms with E-state index in [1.54, 1.807) is 33.2 Å². The van der Waals surface area contributed by atoms with Gasteiger partial charge in [0.05, 0.1) is 12.0 Å². The second-order valence-corrected chi connectivity index (χ2v) is 6.87. The number of nitrogens with one attached hydrogen (secondary N) is 1. The number of nitrogens with zero attached hydrogens (tertiary/aromatic N) is 4. The van der Waals surface area contributed by atoms with Gasteiger partial charge in [0, 0.05) is 20.2 Å². The zero-order valence-electron chi connectivity index (χ0n) is 14.9. The zero-order valence-corrected chi connectivity index (χ0v) is 15.7. The van der Waals surface area contributed by atoms with Crippen molar-refractivity contribution in [3.05, 3.63) is 51.5 Å². The third-order valence-corrected chi connectivity index (χ3v) is 4.64. The van der Waals surface area contributed by atoms with Gasteiger partial charge in [-0.2, -0.15) is 5.10 Å².